The lowest BCUT2D eigenvalue weighted by molar-refractivity contribution is -0.138. The average molecular weight is 333 g/mol. The van der Waals surface area contributed by atoms with Gasteiger partial charge in [0.15, 0.2) is 0 Å². The largest absolute Gasteiger partial charge is 0.480 e. The Morgan fingerprint density at radius 3 is 2.05 bits per heavy atom. The average Bonchev–Trinajstić information content (AvgIpc) is 2.07. The van der Waals surface area contributed by atoms with Crippen LogP contribution in [0.15, 0.2) is 0 Å². The third-order valence-corrected chi connectivity index (χ3v) is 1.54. The summed E-state index contributed by atoms with van der Waals surface area (Å²) in [7, 11) is -2.83. The molecule has 3 N–H and O–H groups in total. The minimum absolute atomic E-state index is 0.0224. The molecule has 19 heavy (non-hydrogen) atoms. The maximum absolute atomic E-state index is 11.1. The number of aliphatic carboxylic acids is 1. The van der Waals surface area contributed by atoms with E-state index in [4.69, 9.17) is 14.4 Å². The van der Waals surface area contributed by atoms with Crippen molar-refractivity contribution >= 4 is 44.7 Å². The van der Waals surface area contributed by atoms with Crippen molar-refractivity contribution < 1.29 is 28.2 Å². The molecule has 0 heterocycles. The van der Waals surface area contributed by atoms with Crippen molar-refractivity contribution in [1.82, 2.24) is 5.32 Å². The second-order valence-electron chi connectivity index (χ2n) is 4.45. The molecule has 0 aromatic rings. The Labute approximate surface area is 123 Å². The molecule has 0 aromatic carbocycles. The monoisotopic (exact) mass is 333 g/mol. The molecule has 1 amide bonds. The lowest BCUT2D eigenvalue weighted by atomic mass is 10.2. The van der Waals surface area contributed by atoms with Gasteiger partial charge in [-0.05, 0) is 20.8 Å². The Kier molecular flexibility index (Phi) is 9.34. The highest BCUT2D eigenvalue weighted by molar-refractivity contribution is 8.29. The van der Waals surface area contributed by atoms with Crippen molar-refractivity contribution in [2.24, 2.45) is 0 Å². The second-order valence-corrected chi connectivity index (χ2v) is 8.14. The Bertz CT molecular complexity index is 393. The van der Waals surface area contributed by atoms with E-state index in [-0.39, 0.29) is 5.75 Å². The van der Waals surface area contributed by atoms with Gasteiger partial charge in [0, 0.05) is 23.2 Å². The second kappa shape index (κ2) is 8.56. The van der Waals surface area contributed by atoms with E-state index in [2.05, 4.69) is 29.1 Å². The summed E-state index contributed by atoms with van der Waals surface area (Å²) in [6, 6.07) is -1.02. The zero-order valence-corrected chi connectivity index (χ0v) is 13.6. The molecule has 0 spiro atoms. The van der Waals surface area contributed by atoms with Crippen LogP contribution in [0, 0.1) is 0 Å². The Morgan fingerprint density at radius 2 is 1.84 bits per heavy atom. The molecule has 10 heteroatoms. The van der Waals surface area contributed by atoms with E-state index in [0.29, 0.717) is 0 Å². The Hall–Kier alpha value is -0.580. The molecule has 0 aliphatic heterocycles. The van der Waals surface area contributed by atoms with E-state index in [1.165, 1.54) is 0 Å². The first-order chi connectivity index (χ1) is 8.26. The van der Waals surface area contributed by atoms with Crippen LogP contribution in [0.5, 0.6) is 0 Å². The lowest BCUT2D eigenvalue weighted by Crippen LogP contribution is -2.44. The fourth-order valence-corrected chi connectivity index (χ4v) is 0.883. The number of alkyl carbamates (subject to hydrolysis) is 1. The molecule has 0 rings (SSSR count). The molecule has 2 unspecified atom stereocenters. The third kappa shape index (κ3) is 19.9. The molecule has 0 fully saturated rings. The summed E-state index contributed by atoms with van der Waals surface area (Å²) in [5.74, 6) is -1.11. The number of ether oxygens (including phenoxy) is 1. The summed E-state index contributed by atoms with van der Waals surface area (Å²) in [6.45, 7) is 5.09. The fraction of sp³-hybridized carbons (Fsp3) is 0.778. The van der Waals surface area contributed by atoms with E-state index in [9.17, 15) is 13.8 Å². The van der Waals surface area contributed by atoms with Crippen molar-refractivity contribution in [3.8, 4) is 0 Å². The van der Waals surface area contributed by atoms with Crippen LogP contribution in [0.3, 0.4) is 0 Å². The highest BCUT2D eigenvalue weighted by Gasteiger charge is 2.22. The van der Waals surface area contributed by atoms with Crippen LogP contribution >= 0.6 is 12.6 Å². The van der Waals surface area contributed by atoms with Gasteiger partial charge in [-0.3, -0.25) is 0 Å². The molecule has 0 saturated carbocycles. The number of thiol groups is 1. The predicted octanol–water partition coefficient (Wildman–Crippen LogP) is 0.730. The van der Waals surface area contributed by atoms with E-state index >= 15 is 0 Å². The third-order valence-electron chi connectivity index (χ3n) is 1.17. The van der Waals surface area contributed by atoms with Gasteiger partial charge in [0.05, 0.1) is 0 Å². The van der Waals surface area contributed by atoms with Crippen LogP contribution in [0.4, 0.5) is 4.79 Å². The molecule has 0 aliphatic carbocycles. The molecule has 0 radical (unpaired) electrons. The summed E-state index contributed by atoms with van der Waals surface area (Å²) in [6.07, 6.45) is 0.335. The van der Waals surface area contributed by atoms with Crippen LogP contribution in [-0.2, 0) is 29.5 Å². The number of carbonyl (C=O) groups excluding carboxylic acids is 1. The van der Waals surface area contributed by atoms with Gasteiger partial charge in [-0.2, -0.15) is 12.6 Å². The number of carboxylic acids is 1. The first kappa shape index (κ1) is 20.7. The lowest BCUT2D eigenvalue weighted by Gasteiger charge is -2.21. The summed E-state index contributed by atoms with van der Waals surface area (Å²) < 4.78 is 22.3. The summed E-state index contributed by atoms with van der Waals surface area (Å²) >= 11 is 7.70. The quantitative estimate of drug-likeness (QED) is 0.563. The predicted molar refractivity (Wildman–Crippen MR) is 78.7 cm³/mol. The number of carboxylic acid groups (broad SMARTS) is 1. The number of nitrogens with one attached hydrogen (secondary N) is 1. The van der Waals surface area contributed by atoms with Gasteiger partial charge in [-0.15, -0.1) is 0 Å². The zero-order valence-electron chi connectivity index (χ0n) is 11.1. The first-order valence-corrected chi connectivity index (χ1v) is 8.50. The highest BCUT2D eigenvalue weighted by Crippen LogP contribution is 2.06. The molecule has 7 nitrogen and oxygen atoms in total. The van der Waals surface area contributed by atoms with Gasteiger partial charge in [0.25, 0.3) is 0 Å². The highest BCUT2D eigenvalue weighted by atomic mass is 32.8. The molecule has 0 aromatic heterocycles. The summed E-state index contributed by atoms with van der Waals surface area (Å²) in [5.41, 5.74) is -0.635. The zero-order chi connectivity index (χ0) is 15.9. The van der Waals surface area contributed by atoms with E-state index in [0.717, 1.165) is 6.26 Å². The Balaban J connectivity index is 0. The number of amides is 1. The minimum atomic E-state index is -2.83. The van der Waals surface area contributed by atoms with Crippen molar-refractivity contribution in [1.29, 1.82) is 0 Å². The van der Waals surface area contributed by atoms with Crippen molar-refractivity contribution in [2.45, 2.75) is 32.4 Å². The molecule has 0 saturated heterocycles. The summed E-state index contributed by atoms with van der Waals surface area (Å²) in [4.78, 5) is 21.6. The standard InChI is InChI=1S/C8H15NO4S.CH4O2S2/c1-8(2,3)13-7(12)9-5(4-14)6(10)11;1-5(2,3)4/h5,14H,4H2,1-3H3,(H,9,12)(H,10,11);1H3,(H,2,3,4). The molecule has 0 bridgehead atoms. The van der Waals surface area contributed by atoms with Crippen molar-refractivity contribution in [2.75, 3.05) is 12.0 Å². The van der Waals surface area contributed by atoms with Crippen LogP contribution in [0.25, 0.3) is 0 Å². The maximum Gasteiger partial charge on any atom is 0.408 e. The van der Waals surface area contributed by atoms with Gasteiger partial charge in [-0.1, -0.05) is 0 Å². The molecule has 0 aliphatic rings. The normalized spacial score (nSPS) is 15.3. The molecular weight excluding hydrogens is 314 g/mol. The minimum Gasteiger partial charge on any atom is -0.480 e. The Morgan fingerprint density at radius 1 is 1.47 bits per heavy atom. The van der Waals surface area contributed by atoms with E-state index in [1.54, 1.807) is 20.8 Å². The van der Waals surface area contributed by atoms with Gasteiger partial charge >= 0.3 is 12.1 Å². The smallest absolute Gasteiger partial charge is 0.408 e. The summed E-state index contributed by atoms with van der Waals surface area (Å²) in [5, 5.41) is 10.8. The van der Waals surface area contributed by atoms with Crippen LogP contribution in [0.2, 0.25) is 0 Å². The number of carbonyl (C=O) groups is 2. The van der Waals surface area contributed by atoms with Crippen LogP contribution < -0.4 is 5.32 Å². The molecule has 2 atom stereocenters. The number of hydrogen-bond acceptors (Lipinski definition) is 6. The maximum atomic E-state index is 11.1. The topological polar surface area (TPSA) is 113 Å². The molecular formula is C9H19NO6S3. The van der Waals surface area contributed by atoms with Gasteiger partial charge < -0.3 is 19.7 Å². The fourth-order valence-electron chi connectivity index (χ4n) is 0.635. The van der Waals surface area contributed by atoms with E-state index in [1.807, 2.05) is 0 Å². The number of rotatable bonds is 3. The van der Waals surface area contributed by atoms with Crippen LogP contribution in [-0.4, -0.2) is 49.6 Å². The van der Waals surface area contributed by atoms with Gasteiger partial charge in [0.1, 0.15) is 20.4 Å². The van der Waals surface area contributed by atoms with Crippen molar-refractivity contribution in [3.05, 3.63) is 0 Å². The van der Waals surface area contributed by atoms with Gasteiger partial charge in [-0.25, -0.2) is 13.8 Å². The number of hydrogen-bond donors (Lipinski definition) is 4. The first-order valence-electron chi connectivity index (χ1n) is 5.02. The SMILES string of the molecule is CC(C)(C)OC(=O)NC(CS)C(=O)O.CS(=O)(O)=S. The van der Waals surface area contributed by atoms with E-state index < -0.39 is 32.5 Å². The molecule has 114 valence electrons. The van der Waals surface area contributed by atoms with Crippen molar-refractivity contribution in [3.63, 3.8) is 0 Å². The van der Waals surface area contributed by atoms with Gasteiger partial charge in [0.2, 0.25) is 0 Å². The van der Waals surface area contributed by atoms with Crippen LogP contribution in [0.1, 0.15) is 20.8 Å².